The van der Waals surface area contributed by atoms with Crippen LogP contribution in [0.15, 0.2) is 48.5 Å². The molecule has 2 unspecified atom stereocenters. The number of ether oxygens (including phenoxy) is 1. The number of alkyl halides is 1. The molecule has 2 saturated heterocycles. The lowest BCUT2D eigenvalue weighted by Gasteiger charge is -2.38. The van der Waals surface area contributed by atoms with Crippen molar-refractivity contribution in [3.05, 3.63) is 59.0 Å². The summed E-state index contributed by atoms with van der Waals surface area (Å²) in [6.45, 7) is 0.770. The van der Waals surface area contributed by atoms with Crippen molar-refractivity contribution in [2.75, 3.05) is 18.1 Å². The first-order valence-corrected chi connectivity index (χ1v) is 17.0. The molecule has 43 heavy (non-hydrogen) atoms. The molecule has 7 rings (SSSR count). The number of halogens is 1. The van der Waals surface area contributed by atoms with E-state index in [9.17, 15) is 33.1 Å². The lowest BCUT2D eigenvalue weighted by molar-refractivity contribution is -0.142. The fourth-order valence-electron chi connectivity index (χ4n) is 6.96. The first-order valence-electron chi connectivity index (χ1n) is 14.5. The maximum atomic E-state index is 14.3. The highest BCUT2D eigenvalue weighted by Gasteiger charge is 2.52. The number of nitrogens with one attached hydrogen (secondary N) is 1. The van der Waals surface area contributed by atoms with E-state index in [-0.39, 0.29) is 23.4 Å². The molecule has 3 amide bonds. The summed E-state index contributed by atoms with van der Waals surface area (Å²) in [6.07, 6.45) is 3.66. The smallest absolute Gasteiger partial charge is 0.363 e. The van der Waals surface area contributed by atoms with Gasteiger partial charge < -0.3 is 29.6 Å². The molecule has 2 aromatic carbocycles. The van der Waals surface area contributed by atoms with Gasteiger partial charge in [0.2, 0.25) is 17.7 Å². The third kappa shape index (κ3) is 5.24. The van der Waals surface area contributed by atoms with Crippen LogP contribution in [0.3, 0.4) is 0 Å². The summed E-state index contributed by atoms with van der Waals surface area (Å²) in [5.74, 6) is -1.84. The number of anilines is 1. The number of rotatable bonds is 5. The minimum atomic E-state index is -4.97. The highest BCUT2D eigenvalue weighted by Crippen LogP contribution is 2.53. The van der Waals surface area contributed by atoms with Crippen LogP contribution in [0.1, 0.15) is 53.3 Å². The van der Waals surface area contributed by atoms with Crippen molar-refractivity contribution < 1.29 is 37.9 Å². The van der Waals surface area contributed by atoms with E-state index >= 15 is 0 Å². The Morgan fingerprint density at radius 3 is 2.67 bits per heavy atom. The zero-order valence-corrected chi connectivity index (χ0v) is 24.8. The Morgan fingerprint density at radius 2 is 1.86 bits per heavy atom. The normalized spacial score (nSPS) is 27.3. The number of hydrogen-bond donors (Lipinski definition) is 3. The molecule has 10 nitrogen and oxygen atoms in total. The van der Waals surface area contributed by atoms with Gasteiger partial charge in [-0.15, -0.1) is 11.3 Å². The Kier molecular flexibility index (Phi) is 7.08. The second kappa shape index (κ2) is 10.7. The summed E-state index contributed by atoms with van der Waals surface area (Å²) in [6, 6.07) is 11.6. The summed E-state index contributed by atoms with van der Waals surface area (Å²) in [7, 11) is -4.97. The van der Waals surface area contributed by atoms with Crippen LogP contribution in [0, 0.1) is 11.8 Å². The number of carbonyl (C=O) groups is 3. The van der Waals surface area contributed by atoms with E-state index in [4.69, 9.17) is 4.74 Å². The van der Waals surface area contributed by atoms with Gasteiger partial charge in [0.15, 0.2) is 0 Å². The molecule has 1 aliphatic carbocycles. The van der Waals surface area contributed by atoms with Crippen LogP contribution in [-0.2, 0) is 14.2 Å². The van der Waals surface area contributed by atoms with Crippen LogP contribution in [0.25, 0.3) is 10.1 Å². The molecule has 6 atom stereocenters. The molecule has 3 aliphatic heterocycles. The van der Waals surface area contributed by atoms with E-state index in [0.29, 0.717) is 64.2 Å². The SMILES string of the molecule is O=C(NC1C[C@@H]2C[C@@H]2C[C@H]2CC[C@@H](C(=O)N3CCOc4ccccc43)N2C1=O)c1cc2cc(C(F)P(=O)(O)O)ccc2s1. The lowest BCUT2D eigenvalue weighted by atomic mass is 9.99. The monoisotopic (exact) mass is 627 g/mol. The van der Waals surface area contributed by atoms with Crippen molar-refractivity contribution in [3.63, 3.8) is 0 Å². The highest BCUT2D eigenvalue weighted by atomic mass is 32.1. The van der Waals surface area contributed by atoms with Gasteiger partial charge in [0.1, 0.15) is 24.4 Å². The highest BCUT2D eigenvalue weighted by molar-refractivity contribution is 7.51. The molecule has 4 heterocycles. The van der Waals surface area contributed by atoms with Gasteiger partial charge in [-0.1, -0.05) is 18.2 Å². The standard InChI is InChI=1S/C30H31FN3O7PS/c31-27(42(38,39)40)16-5-8-25-19(11-16)15-26(43-25)28(35)32-21-14-18-12-17(18)13-20-6-7-23(34(20)29(21)36)30(37)33-9-10-41-24-4-2-1-3-22(24)33/h1-5,8,11,15,17-18,20-21,23,27H,6-7,9-10,12-14H2,(H,32,35)(H2,38,39,40)/t17-,18+,20-,21?,23+,27?/m1/s1. The number of carbonyl (C=O) groups excluding carboxylic acids is 3. The van der Waals surface area contributed by atoms with Crippen molar-refractivity contribution in [2.24, 2.45) is 11.8 Å². The maximum absolute atomic E-state index is 14.3. The van der Waals surface area contributed by atoms with E-state index in [1.165, 1.54) is 18.2 Å². The first kappa shape index (κ1) is 28.5. The molecule has 226 valence electrons. The van der Waals surface area contributed by atoms with Gasteiger partial charge in [-0.2, -0.15) is 0 Å². The molecule has 1 saturated carbocycles. The fraction of sp³-hybridized carbons (Fsp3) is 0.433. The number of hydrogen-bond acceptors (Lipinski definition) is 6. The van der Waals surface area contributed by atoms with Gasteiger partial charge in [0, 0.05) is 10.7 Å². The number of fused-ring (bicyclic) bond motifs is 4. The topological polar surface area (TPSA) is 136 Å². The molecular weight excluding hydrogens is 596 g/mol. The summed E-state index contributed by atoms with van der Waals surface area (Å²) in [4.78, 5) is 63.8. The molecule has 0 spiro atoms. The molecule has 13 heteroatoms. The zero-order chi connectivity index (χ0) is 30.0. The molecule has 3 N–H and O–H groups in total. The van der Waals surface area contributed by atoms with Gasteiger partial charge in [0.05, 0.1) is 17.1 Å². The Balaban J connectivity index is 1.13. The Hall–Kier alpha value is -3.31. The molecule has 0 radical (unpaired) electrons. The number of thiophene rings is 1. The second-order valence-electron chi connectivity index (χ2n) is 11.9. The second-order valence-corrected chi connectivity index (χ2v) is 14.6. The van der Waals surface area contributed by atoms with Gasteiger partial charge in [-0.05, 0) is 85.2 Å². The summed E-state index contributed by atoms with van der Waals surface area (Å²) in [5, 5.41) is 3.41. The molecular formula is C30H31FN3O7PS. The Labute approximate surface area is 251 Å². The molecule has 4 aliphatic rings. The zero-order valence-electron chi connectivity index (χ0n) is 23.1. The third-order valence-corrected chi connectivity index (χ3v) is 11.2. The van der Waals surface area contributed by atoms with E-state index < -0.39 is 31.5 Å². The van der Waals surface area contributed by atoms with E-state index in [0.717, 1.165) is 30.6 Å². The van der Waals surface area contributed by atoms with E-state index in [2.05, 4.69) is 5.32 Å². The Morgan fingerprint density at radius 1 is 1.07 bits per heavy atom. The minimum Gasteiger partial charge on any atom is -0.490 e. The average molecular weight is 628 g/mol. The van der Waals surface area contributed by atoms with Gasteiger partial charge in [-0.25, -0.2) is 4.39 Å². The van der Waals surface area contributed by atoms with Crippen LogP contribution >= 0.6 is 18.9 Å². The summed E-state index contributed by atoms with van der Waals surface area (Å²) >= 11 is 1.15. The number of benzene rings is 2. The molecule has 3 fully saturated rings. The predicted octanol–water partition coefficient (Wildman–Crippen LogP) is 4.36. The quantitative estimate of drug-likeness (QED) is 0.358. The van der Waals surface area contributed by atoms with Crippen molar-refractivity contribution in [3.8, 4) is 5.75 Å². The van der Waals surface area contributed by atoms with E-state index in [1.54, 1.807) is 15.9 Å². The maximum Gasteiger partial charge on any atom is 0.363 e. The van der Waals surface area contributed by atoms with Crippen LogP contribution in [0.4, 0.5) is 10.1 Å². The number of nitrogens with zero attached hydrogens (tertiary/aromatic N) is 2. The van der Waals surface area contributed by atoms with Crippen LogP contribution in [-0.4, -0.2) is 63.7 Å². The summed E-state index contributed by atoms with van der Waals surface area (Å²) in [5.41, 5.74) is 0.529. The van der Waals surface area contributed by atoms with Gasteiger partial charge in [0.25, 0.3) is 5.91 Å². The summed E-state index contributed by atoms with van der Waals surface area (Å²) < 4.78 is 32.1. The van der Waals surface area contributed by atoms with Crippen molar-refractivity contribution in [2.45, 2.75) is 56.1 Å². The number of para-hydroxylation sites is 2. The van der Waals surface area contributed by atoms with E-state index in [1.807, 2.05) is 24.3 Å². The predicted molar refractivity (Wildman–Crippen MR) is 158 cm³/mol. The third-order valence-electron chi connectivity index (χ3n) is 9.16. The lowest BCUT2D eigenvalue weighted by Crippen LogP contribution is -2.57. The van der Waals surface area contributed by atoms with Crippen LogP contribution < -0.4 is 15.0 Å². The van der Waals surface area contributed by atoms with Crippen LogP contribution in [0.2, 0.25) is 0 Å². The largest absolute Gasteiger partial charge is 0.490 e. The van der Waals surface area contributed by atoms with Crippen molar-refractivity contribution in [1.82, 2.24) is 10.2 Å². The van der Waals surface area contributed by atoms with Crippen molar-refractivity contribution >= 4 is 52.4 Å². The molecule has 3 aromatic rings. The average Bonchev–Trinajstić information content (AvgIpc) is 3.36. The Bertz CT molecular complexity index is 1680. The number of amides is 3. The van der Waals surface area contributed by atoms with Gasteiger partial charge >= 0.3 is 7.60 Å². The fourth-order valence-corrected chi connectivity index (χ4v) is 8.45. The molecule has 0 bridgehead atoms. The van der Waals surface area contributed by atoms with Gasteiger partial charge in [-0.3, -0.25) is 18.9 Å². The molecule has 1 aromatic heterocycles. The first-order chi connectivity index (χ1) is 20.6. The van der Waals surface area contributed by atoms with Crippen LogP contribution in [0.5, 0.6) is 5.75 Å². The minimum absolute atomic E-state index is 0.0575. The van der Waals surface area contributed by atoms with Crippen molar-refractivity contribution in [1.29, 1.82) is 0 Å².